The number of aromatic nitrogens is 4. The van der Waals surface area contributed by atoms with Gasteiger partial charge in [0.15, 0.2) is 5.65 Å². The van der Waals surface area contributed by atoms with Crippen LogP contribution in [0.15, 0.2) is 24.7 Å². The molecule has 165 valence electrons. The predicted octanol–water partition coefficient (Wildman–Crippen LogP) is 3.94. The van der Waals surface area contributed by atoms with Crippen molar-refractivity contribution in [3.05, 3.63) is 47.3 Å². The van der Waals surface area contributed by atoms with Crippen LogP contribution in [-0.4, -0.2) is 39.3 Å². The minimum Gasteiger partial charge on any atom is -0.349 e. The van der Waals surface area contributed by atoms with Crippen LogP contribution in [0, 0.1) is 11.7 Å². The number of pyridine rings is 1. The van der Waals surface area contributed by atoms with Gasteiger partial charge in [0.2, 0.25) is 5.91 Å². The number of amides is 1. The molecule has 1 amide bonds. The zero-order valence-corrected chi connectivity index (χ0v) is 18.7. The van der Waals surface area contributed by atoms with Crippen molar-refractivity contribution in [2.24, 2.45) is 5.92 Å². The maximum Gasteiger partial charge on any atom is 0.227 e. The first-order valence-corrected chi connectivity index (χ1v) is 11.4. The second-order valence-electron chi connectivity index (χ2n) is 8.94. The first-order chi connectivity index (χ1) is 15.5. The minimum atomic E-state index is -0.331. The number of carbonyl (C=O) groups is 1. The Labute approximate surface area is 187 Å². The van der Waals surface area contributed by atoms with Crippen molar-refractivity contribution in [2.45, 2.75) is 58.2 Å². The first kappa shape index (κ1) is 20.9. The Morgan fingerprint density at radius 3 is 2.97 bits per heavy atom. The van der Waals surface area contributed by atoms with Gasteiger partial charge in [-0.15, -0.1) is 0 Å². The van der Waals surface area contributed by atoms with E-state index in [-0.39, 0.29) is 29.5 Å². The smallest absolute Gasteiger partial charge is 0.227 e. The summed E-state index contributed by atoms with van der Waals surface area (Å²) in [5.74, 6) is 0.391. The van der Waals surface area contributed by atoms with E-state index in [4.69, 9.17) is 4.98 Å². The number of hydrogen-bond acceptors (Lipinski definition) is 5. The number of anilines is 2. The highest BCUT2D eigenvalue weighted by atomic mass is 19.1. The van der Waals surface area contributed by atoms with Crippen LogP contribution in [0.25, 0.3) is 5.65 Å². The number of rotatable bonds is 2. The third kappa shape index (κ3) is 3.53. The molecule has 2 aliphatic heterocycles. The van der Waals surface area contributed by atoms with Crippen molar-refractivity contribution in [3.63, 3.8) is 0 Å². The van der Waals surface area contributed by atoms with E-state index in [9.17, 15) is 9.18 Å². The minimum absolute atomic E-state index is 0.00273. The molecule has 2 aliphatic rings. The second-order valence-corrected chi connectivity index (χ2v) is 8.94. The molecule has 1 unspecified atom stereocenters. The summed E-state index contributed by atoms with van der Waals surface area (Å²) in [7, 11) is 2.13. The molecule has 2 bridgehead atoms. The van der Waals surface area contributed by atoms with Crippen LogP contribution in [0.1, 0.15) is 61.8 Å². The number of fused-ring (bicyclic) bond motifs is 5. The fourth-order valence-corrected chi connectivity index (χ4v) is 4.80. The molecule has 3 atom stereocenters. The SMILES string of the molecule is C[B]C(C)c1cn2ncc3c2nc1N1CCC[C@@H]1c1cc(F)cnc1CC[C@H](C)C(=O)N3. The summed E-state index contributed by atoms with van der Waals surface area (Å²) in [5, 5.41) is 7.46. The van der Waals surface area contributed by atoms with Crippen molar-refractivity contribution in [3.8, 4) is 0 Å². The third-order valence-electron chi connectivity index (χ3n) is 6.86. The van der Waals surface area contributed by atoms with Crippen molar-refractivity contribution in [1.82, 2.24) is 19.6 Å². The van der Waals surface area contributed by atoms with Crippen LogP contribution in [0.4, 0.5) is 15.9 Å². The first-order valence-electron chi connectivity index (χ1n) is 11.4. The van der Waals surface area contributed by atoms with E-state index in [1.807, 2.05) is 19.9 Å². The average Bonchev–Trinajstić information content (AvgIpc) is 3.43. The molecule has 5 heterocycles. The Morgan fingerprint density at radius 2 is 2.16 bits per heavy atom. The molecular formula is C23H27BFN6O. The summed E-state index contributed by atoms with van der Waals surface area (Å²) in [5.41, 5.74) is 4.06. The van der Waals surface area contributed by atoms with Crippen LogP contribution in [0.2, 0.25) is 6.82 Å². The van der Waals surface area contributed by atoms with Gasteiger partial charge in [0.25, 0.3) is 0 Å². The van der Waals surface area contributed by atoms with Crippen molar-refractivity contribution >= 4 is 30.3 Å². The summed E-state index contributed by atoms with van der Waals surface area (Å²) >= 11 is 0. The van der Waals surface area contributed by atoms with Crippen molar-refractivity contribution in [1.29, 1.82) is 0 Å². The highest BCUT2D eigenvalue weighted by molar-refractivity contribution is 6.36. The lowest BCUT2D eigenvalue weighted by Crippen LogP contribution is -2.27. The monoisotopic (exact) mass is 433 g/mol. The van der Waals surface area contributed by atoms with Crippen LogP contribution >= 0.6 is 0 Å². The quantitative estimate of drug-likeness (QED) is 0.620. The summed E-state index contributed by atoms with van der Waals surface area (Å²) in [6, 6.07) is 1.62. The number of carbonyl (C=O) groups excluding carboxylic acids is 1. The molecule has 3 aromatic rings. The van der Waals surface area contributed by atoms with Gasteiger partial charge < -0.3 is 10.2 Å². The molecule has 0 aromatic carbocycles. The van der Waals surface area contributed by atoms with Crippen LogP contribution in [-0.2, 0) is 11.2 Å². The van der Waals surface area contributed by atoms with Gasteiger partial charge in [-0.05, 0) is 43.1 Å². The number of nitrogens with one attached hydrogen (secondary N) is 1. The van der Waals surface area contributed by atoms with Crippen LogP contribution < -0.4 is 10.2 Å². The Bertz CT molecular complexity index is 1180. The zero-order chi connectivity index (χ0) is 22.4. The van der Waals surface area contributed by atoms with Crippen LogP contribution in [0.3, 0.4) is 0 Å². The molecular weight excluding hydrogens is 406 g/mol. The van der Waals surface area contributed by atoms with Gasteiger partial charge in [-0.2, -0.15) is 5.10 Å². The molecule has 1 saturated heterocycles. The lowest BCUT2D eigenvalue weighted by atomic mass is 9.65. The highest BCUT2D eigenvalue weighted by Gasteiger charge is 2.33. The predicted molar refractivity (Wildman–Crippen MR) is 123 cm³/mol. The van der Waals surface area contributed by atoms with Crippen molar-refractivity contribution < 1.29 is 9.18 Å². The summed E-state index contributed by atoms with van der Waals surface area (Å²) < 4.78 is 16.1. The molecule has 7 nitrogen and oxygen atoms in total. The Morgan fingerprint density at radius 1 is 1.31 bits per heavy atom. The Hall–Kier alpha value is -2.97. The van der Waals surface area contributed by atoms with E-state index in [2.05, 4.69) is 34.5 Å². The van der Waals surface area contributed by atoms with E-state index in [0.717, 1.165) is 42.0 Å². The standard InChI is InChI=1S/C23H27BFN6O/c1-13-6-7-18-16(9-15(25)10-26-18)20-5-4-8-30(20)21-17(14(2)24-3)12-31-22(29-21)19(11-27-31)28-23(13)32/h9-14,20H,4-8H2,1-3H3,(H,28,32)/t13-,14?,20+/m0/s1. The Kier molecular flexibility index (Phi) is 5.35. The lowest BCUT2D eigenvalue weighted by Gasteiger charge is -2.30. The van der Waals surface area contributed by atoms with E-state index in [1.54, 1.807) is 16.8 Å². The number of nitrogens with zero attached hydrogens (tertiary/aromatic N) is 5. The van der Waals surface area contributed by atoms with Gasteiger partial charge in [0.05, 0.1) is 18.4 Å². The third-order valence-corrected chi connectivity index (χ3v) is 6.86. The van der Waals surface area contributed by atoms with Gasteiger partial charge in [-0.3, -0.25) is 9.78 Å². The molecule has 1 fully saturated rings. The molecule has 1 N–H and O–H groups in total. The summed E-state index contributed by atoms with van der Waals surface area (Å²) in [6.07, 6.45) is 8.10. The fourth-order valence-electron chi connectivity index (χ4n) is 4.80. The number of hydrogen-bond donors (Lipinski definition) is 1. The molecule has 0 aliphatic carbocycles. The van der Waals surface area contributed by atoms with E-state index >= 15 is 0 Å². The average molecular weight is 433 g/mol. The van der Waals surface area contributed by atoms with Crippen molar-refractivity contribution in [2.75, 3.05) is 16.8 Å². The molecule has 1 radical (unpaired) electrons. The molecule has 32 heavy (non-hydrogen) atoms. The highest BCUT2D eigenvalue weighted by Crippen LogP contribution is 2.40. The molecule has 0 saturated carbocycles. The van der Waals surface area contributed by atoms with E-state index in [0.29, 0.717) is 24.2 Å². The second kappa shape index (κ2) is 8.18. The van der Waals surface area contributed by atoms with E-state index in [1.165, 1.54) is 6.20 Å². The van der Waals surface area contributed by atoms with Gasteiger partial charge >= 0.3 is 0 Å². The molecule has 3 aromatic heterocycles. The fraction of sp³-hybridized carbons (Fsp3) is 0.478. The molecule has 5 rings (SSSR count). The van der Waals surface area contributed by atoms with Gasteiger partial charge in [0.1, 0.15) is 24.6 Å². The number of halogens is 1. The Balaban J connectivity index is 1.74. The zero-order valence-electron chi connectivity index (χ0n) is 18.7. The largest absolute Gasteiger partial charge is 0.349 e. The van der Waals surface area contributed by atoms with E-state index < -0.39 is 0 Å². The van der Waals surface area contributed by atoms with Gasteiger partial charge in [0, 0.05) is 29.9 Å². The van der Waals surface area contributed by atoms with Crippen LogP contribution in [0.5, 0.6) is 0 Å². The maximum atomic E-state index is 14.3. The summed E-state index contributed by atoms with van der Waals surface area (Å²) in [4.78, 5) is 24.6. The molecule has 0 spiro atoms. The number of aryl methyl sites for hydroxylation is 1. The topological polar surface area (TPSA) is 75.4 Å². The lowest BCUT2D eigenvalue weighted by molar-refractivity contribution is -0.119. The normalized spacial score (nSPS) is 21.9. The van der Waals surface area contributed by atoms with Gasteiger partial charge in [-0.1, -0.05) is 20.7 Å². The summed E-state index contributed by atoms with van der Waals surface area (Å²) in [6.45, 7) is 6.91. The van der Waals surface area contributed by atoms with Gasteiger partial charge in [-0.25, -0.2) is 13.9 Å². The maximum absolute atomic E-state index is 14.3. The molecule has 9 heteroatoms.